The third-order valence-electron chi connectivity index (χ3n) is 2.49. The number of carbonyl (C=O) groups is 2. The zero-order valence-corrected chi connectivity index (χ0v) is 14.8. The zero-order valence-electron chi connectivity index (χ0n) is 10.2. The van der Waals surface area contributed by atoms with Gasteiger partial charge in [0, 0.05) is 12.9 Å². The van der Waals surface area contributed by atoms with Crippen molar-refractivity contribution in [1.29, 1.82) is 0 Å². The van der Waals surface area contributed by atoms with Crippen LogP contribution in [0.25, 0.3) is 0 Å². The summed E-state index contributed by atoms with van der Waals surface area (Å²) in [6.45, 7) is 1.80. The molecule has 1 heterocycles. The van der Waals surface area contributed by atoms with Gasteiger partial charge in [-0.2, -0.15) is 0 Å². The molecule has 1 amide bonds. The molecule has 0 saturated carbocycles. The van der Waals surface area contributed by atoms with Gasteiger partial charge in [-0.05, 0) is 53.8 Å². The van der Waals surface area contributed by atoms with Crippen LogP contribution in [0.4, 0.5) is 5.00 Å². The van der Waals surface area contributed by atoms with Crippen LogP contribution in [0.1, 0.15) is 25.6 Å². The number of benzene rings is 1. The summed E-state index contributed by atoms with van der Waals surface area (Å²) in [7, 11) is 0. The van der Waals surface area contributed by atoms with E-state index in [4.69, 9.17) is 5.11 Å². The SMILES string of the molecule is Cc1cc(C(=O)O)c(NC(=O)c2cc(Br)ccc2I)s1. The van der Waals surface area contributed by atoms with Gasteiger partial charge < -0.3 is 10.4 Å². The van der Waals surface area contributed by atoms with Crippen LogP contribution in [0.15, 0.2) is 28.7 Å². The van der Waals surface area contributed by atoms with Crippen LogP contribution in [0, 0.1) is 10.5 Å². The van der Waals surface area contributed by atoms with Crippen LogP contribution < -0.4 is 5.32 Å². The number of nitrogens with one attached hydrogen (secondary N) is 1. The highest BCUT2D eigenvalue weighted by molar-refractivity contribution is 14.1. The summed E-state index contributed by atoms with van der Waals surface area (Å²) in [5.74, 6) is -1.37. The number of carboxylic acids is 1. The van der Waals surface area contributed by atoms with E-state index in [1.54, 1.807) is 19.1 Å². The average molecular weight is 466 g/mol. The molecule has 0 spiro atoms. The highest BCUT2D eigenvalue weighted by Crippen LogP contribution is 2.29. The molecule has 0 radical (unpaired) electrons. The lowest BCUT2D eigenvalue weighted by Gasteiger charge is -2.06. The summed E-state index contributed by atoms with van der Waals surface area (Å²) >= 11 is 6.63. The van der Waals surface area contributed by atoms with E-state index >= 15 is 0 Å². The first-order valence-electron chi connectivity index (χ1n) is 5.48. The number of aromatic carboxylic acids is 1. The Bertz CT molecular complexity index is 699. The number of hydrogen-bond donors (Lipinski definition) is 2. The normalized spacial score (nSPS) is 10.3. The van der Waals surface area contributed by atoms with Crippen LogP contribution in [0.3, 0.4) is 0 Å². The summed E-state index contributed by atoms with van der Waals surface area (Å²) in [5.41, 5.74) is 0.619. The summed E-state index contributed by atoms with van der Waals surface area (Å²) in [6, 6.07) is 6.92. The van der Waals surface area contributed by atoms with Crippen molar-refractivity contribution in [3.63, 3.8) is 0 Å². The molecule has 2 N–H and O–H groups in total. The molecule has 0 saturated heterocycles. The monoisotopic (exact) mass is 465 g/mol. The van der Waals surface area contributed by atoms with Crippen molar-refractivity contribution >= 4 is 66.7 Å². The number of halogens is 2. The minimum Gasteiger partial charge on any atom is -0.478 e. The summed E-state index contributed by atoms with van der Waals surface area (Å²) < 4.78 is 1.59. The summed E-state index contributed by atoms with van der Waals surface area (Å²) in [6.07, 6.45) is 0. The van der Waals surface area contributed by atoms with Crippen molar-refractivity contribution in [2.45, 2.75) is 6.92 Å². The predicted octanol–water partition coefficient (Wildman–Crippen LogP) is 4.37. The Labute approximate surface area is 141 Å². The number of thiophene rings is 1. The molecule has 7 heteroatoms. The number of amides is 1. The van der Waals surface area contributed by atoms with Crippen molar-refractivity contribution in [3.8, 4) is 0 Å². The van der Waals surface area contributed by atoms with Gasteiger partial charge in [-0.15, -0.1) is 11.3 Å². The first-order valence-corrected chi connectivity index (χ1v) is 8.17. The molecule has 2 aromatic rings. The molecule has 20 heavy (non-hydrogen) atoms. The van der Waals surface area contributed by atoms with Gasteiger partial charge >= 0.3 is 5.97 Å². The lowest BCUT2D eigenvalue weighted by molar-refractivity contribution is 0.0698. The summed E-state index contributed by atoms with van der Waals surface area (Å²) in [4.78, 5) is 24.2. The fourth-order valence-corrected chi connectivity index (χ4v) is 3.45. The van der Waals surface area contributed by atoms with Gasteiger partial charge in [0.05, 0.1) is 11.1 Å². The molecule has 0 fully saturated rings. The largest absolute Gasteiger partial charge is 0.478 e. The molecule has 1 aromatic carbocycles. The highest BCUT2D eigenvalue weighted by Gasteiger charge is 2.18. The van der Waals surface area contributed by atoms with Crippen molar-refractivity contribution < 1.29 is 14.7 Å². The van der Waals surface area contributed by atoms with Crippen molar-refractivity contribution in [2.24, 2.45) is 0 Å². The molecule has 0 bridgehead atoms. The maximum Gasteiger partial charge on any atom is 0.338 e. The second kappa shape index (κ2) is 6.23. The van der Waals surface area contributed by atoms with Gasteiger partial charge in [-0.3, -0.25) is 4.79 Å². The zero-order chi connectivity index (χ0) is 14.9. The quantitative estimate of drug-likeness (QED) is 0.661. The van der Waals surface area contributed by atoms with E-state index in [1.807, 2.05) is 12.1 Å². The van der Waals surface area contributed by atoms with Gasteiger partial charge in [0.15, 0.2) is 0 Å². The van der Waals surface area contributed by atoms with Crippen LogP contribution in [-0.4, -0.2) is 17.0 Å². The Balaban J connectivity index is 2.32. The molecular formula is C13H9BrINO3S. The maximum atomic E-state index is 12.2. The van der Waals surface area contributed by atoms with E-state index in [0.29, 0.717) is 10.6 Å². The lowest BCUT2D eigenvalue weighted by atomic mass is 10.2. The first-order chi connectivity index (χ1) is 9.38. The molecule has 1 aromatic heterocycles. The number of anilines is 1. The van der Waals surface area contributed by atoms with Crippen LogP contribution >= 0.6 is 49.9 Å². The molecule has 4 nitrogen and oxygen atoms in total. The second-order valence-corrected chi connectivity index (χ2v) is 7.32. The molecule has 0 aliphatic rings. The average Bonchev–Trinajstić information content (AvgIpc) is 2.73. The number of carboxylic acid groups (broad SMARTS) is 1. The number of aryl methyl sites for hydroxylation is 1. The van der Waals surface area contributed by atoms with Gasteiger partial charge in [0.2, 0.25) is 0 Å². The number of rotatable bonds is 3. The molecule has 2 rings (SSSR count). The van der Waals surface area contributed by atoms with Gasteiger partial charge in [0.25, 0.3) is 5.91 Å². The third kappa shape index (κ3) is 3.39. The number of hydrogen-bond acceptors (Lipinski definition) is 3. The Morgan fingerprint density at radius 2 is 2.00 bits per heavy atom. The lowest BCUT2D eigenvalue weighted by Crippen LogP contribution is -2.14. The van der Waals surface area contributed by atoms with E-state index in [2.05, 4.69) is 43.8 Å². The minimum absolute atomic E-state index is 0.117. The summed E-state index contributed by atoms with van der Waals surface area (Å²) in [5, 5.41) is 12.1. The van der Waals surface area contributed by atoms with Crippen molar-refractivity contribution in [1.82, 2.24) is 0 Å². The minimum atomic E-state index is -1.05. The molecular weight excluding hydrogens is 457 g/mol. The Morgan fingerprint density at radius 1 is 1.30 bits per heavy atom. The fourth-order valence-electron chi connectivity index (χ4n) is 1.61. The molecule has 0 unspecified atom stereocenters. The Kier molecular flexibility index (Phi) is 4.82. The Morgan fingerprint density at radius 3 is 2.65 bits per heavy atom. The highest BCUT2D eigenvalue weighted by atomic mass is 127. The predicted molar refractivity (Wildman–Crippen MR) is 90.8 cm³/mol. The standard InChI is InChI=1S/C13H9BrINO3S/c1-6-4-9(13(18)19)12(20-6)16-11(17)8-5-7(14)2-3-10(8)15/h2-5H,1H3,(H,16,17)(H,18,19). The van der Waals surface area contributed by atoms with Crippen LogP contribution in [0.5, 0.6) is 0 Å². The third-order valence-corrected chi connectivity index (χ3v) is 4.89. The number of carbonyl (C=O) groups excluding carboxylic acids is 1. The fraction of sp³-hybridized carbons (Fsp3) is 0.0769. The molecule has 0 aliphatic heterocycles. The van der Waals surface area contributed by atoms with Crippen LogP contribution in [-0.2, 0) is 0 Å². The van der Waals surface area contributed by atoms with E-state index in [0.717, 1.165) is 12.9 Å². The van der Waals surface area contributed by atoms with Crippen molar-refractivity contribution in [2.75, 3.05) is 5.32 Å². The molecule has 104 valence electrons. The van der Waals surface area contributed by atoms with E-state index in [9.17, 15) is 9.59 Å². The topological polar surface area (TPSA) is 66.4 Å². The maximum absolute atomic E-state index is 12.2. The van der Waals surface area contributed by atoms with E-state index in [-0.39, 0.29) is 11.5 Å². The van der Waals surface area contributed by atoms with Gasteiger partial charge in [0.1, 0.15) is 5.00 Å². The van der Waals surface area contributed by atoms with E-state index < -0.39 is 5.97 Å². The Hall–Kier alpha value is -0.930. The molecule has 0 atom stereocenters. The molecule has 0 aliphatic carbocycles. The van der Waals surface area contributed by atoms with Crippen molar-refractivity contribution in [3.05, 3.63) is 48.3 Å². The smallest absolute Gasteiger partial charge is 0.338 e. The van der Waals surface area contributed by atoms with Gasteiger partial charge in [-0.1, -0.05) is 15.9 Å². The van der Waals surface area contributed by atoms with E-state index in [1.165, 1.54) is 11.3 Å². The van der Waals surface area contributed by atoms with Gasteiger partial charge in [-0.25, -0.2) is 4.79 Å². The second-order valence-electron chi connectivity index (χ2n) is 3.98. The van der Waals surface area contributed by atoms with Crippen LogP contribution in [0.2, 0.25) is 0 Å². The first kappa shape index (κ1) is 15.5.